The molecule has 14 N–H and O–H groups in total. The number of benzene rings is 12. The predicted octanol–water partition coefficient (Wildman–Crippen LogP) is 19.0. The van der Waals surface area contributed by atoms with E-state index >= 15 is 0 Å². The summed E-state index contributed by atoms with van der Waals surface area (Å²) in [5.74, 6) is -1.89. The molecule has 12 aromatic carbocycles. The Bertz CT molecular complexity index is 8240. The van der Waals surface area contributed by atoms with Gasteiger partial charge in [0.25, 0.3) is 35.4 Å². The number of halogens is 3. The molecule has 25 rings (SSSR count). The van der Waals surface area contributed by atoms with Crippen molar-refractivity contribution in [1.29, 1.82) is 0 Å². The number of hydrogen-bond donors (Lipinski definition) is 14. The van der Waals surface area contributed by atoms with Gasteiger partial charge in [0.1, 0.15) is 17.5 Å². The maximum atomic E-state index is 14.0. The number of likely N-dealkylation sites (tertiary alicyclic amines) is 1. The largest absolute Gasteiger partial charge is 0.354 e. The quantitative estimate of drug-likeness (QED) is 0.0425. The standard InChI is InChI=1S/C22H22FN3O.2C19H18FN3O.C18H16N2O3S.C18H16N2O2S.C18H16N2OS/c23-16-11-18-20-17(7-8-24-22(18)27)21(25-19(20)12-16)15-5-3-14(4-6-15)13-26-9-1-2-10-26;1-21-10-11-2-4-12(5-3-11)18-14-6-7-22-19(24)15-8-13(20)9-16(23-18)17(14)15;1-21-10-11-3-2-4-12(7-11)18-14-5-6-22-19(24)15-8-13(20)9-16(23-18)17(14)15;1-24(22,23)12-7-5-11(6-8-12)17-13-9-10-19-18(21)14-3-2-4-15(20-17)16(13)14;1-23(22)12-7-5-11(6-8-12)17-13-9-10-19-18(21)14-3-2-4-15(20-17)16(13)14;1-22-12-7-5-11(6-8-12)17-13-9-10-19-18(21)14-3-2-4-15(20-17)16(13)14/h3-6,11-12,25H,1-2,7-10,13H2,(H,24,27);2-5,8-9,21,23H,6-7,10H2,1H3,(H,22,24);2-4,7-9,21,23H,5-6,10H2,1H3,(H,22,24);2-8,20H,9-10H2,1H3,(H,19,21);2-8,20H,9-10H2,1H3,(H,19,21);2-8,20H,9-10H2,1H3,(H,19,21). The number of rotatable bonds is 15. The van der Waals surface area contributed by atoms with Gasteiger partial charge >= 0.3 is 0 Å². The number of aromatic nitrogens is 6. The molecule has 1 saturated heterocycles. The summed E-state index contributed by atoms with van der Waals surface area (Å²) in [7, 11) is -0.367. The molecular weight excluding hydrogens is 1880 g/mol. The number of carbonyl (C=O) groups excluding carboxylic acids is 6. The van der Waals surface area contributed by atoms with E-state index in [0.29, 0.717) is 83.0 Å². The fraction of sp³-hybridized carbons (Fsp3) is 0.211. The van der Waals surface area contributed by atoms with Crippen molar-refractivity contribution in [1.82, 2.24) is 77.3 Å². The van der Waals surface area contributed by atoms with Crippen LogP contribution in [-0.2, 0) is 78.8 Å². The molecule has 18 aromatic rings. The second kappa shape index (κ2) is 41.4. The predicted molar refractivity (Wildman–Crippen MR) is 566 cm³/mol. The molecule has 7 aliphatic heterocycles. The molecule has 13 heterocycles. The molecule has 24 nitrogen and oxygen atoms in total. The van der Waals surface area contributed by atoms with Crippen molar-refractivity contribution in [3.63, 3.8) is 0 Å². The molecule has 30 heteroatoms. The van der Waals surface area contributed by atoms with Crippen molar-refractivity contribution in [2.45, 2.75) is 85.7 Å². The van der Waals surface area contributed by atoms with E-state index in [2.05, 4.69) is 169 Å². The average molecular weight is 1980 g/mol. The van der Waals surface area contributed by atoms with E-state index < -0.39 is 38.1 Å². The Morgan fingerprint density at radius 3 is 0.979 bits per heavy atom. The van der Waals surface area contributed by atoms with Crippen LogP contribution in [0.1, 0.15) is 125 Å². The minimum Gasteiger partial charge on any atom is -0.354 e. The number of thioether (sulfide) groups is 1. The first kappa shape index (κ1) is 96.3. The summed E-state index contributed by atoms with van der Waals surface area (Å²) in [6, 6.07) is 73.9. The number of amides is 6. The SMILES string of the molecule is CNCc1ccc(-c2[nH]c3cc(F)cc4c3c2CCNC4=O)cc1.CNCc1cccc(-c2[nH]c3cc(F)cc4c3c2CCNC4=O)c1.CS(=O)(=O)c1ccc(-c2[nH]c3cccc4c3c2CCNC4=O)cc1.CS(=O)c1ccc(-c2[nH]c3cccc4c3c2CCNC4=O)cc1.CSc1ccc(-c2[nH]c3cccc4c3c2CCNC4=O)cc1.O=C1NCCc2c(-c3ccc(CN4CCCC4)cc3)[nH]c3cc(F)cc1c23. The van der Waals surface area contributed by atoms with Crippen LogP contribution >= 0.6 is 11.8 Å². The highest BCUT2D eigenvalue weighted by molar-refractivity contribution is 7.98. The molecule has 730 valence electrons. The van der Waals surface area contributed by atoms with E-state index in [1.54, 1.807) is 42.3 Å². The number of nitrogens with one attached hydrogen (secondary N) is 14. The van der Waals surface area contributed by atoms with Gasteiger partial charge in [0.05, 0.1) is 21.6 Å². The normalized spacial score (nSPS) is 14.8. The molecule has 1 unspecified atom stereocenters. The van der Waals surface area contributed by atoms with Crippen LogP contribution in [0.5, 0.6) is 0 Å². The van der Waals surface area contributed by atoms with Gasteiger partial charge in [-0.1, -0.05) is 121 Å². The smallest absolute Gasteiger partial charge is 0.252 e. The Morgan fingerprint density at radius 2 is 0.639 bits per heavy atom. The molecule has 1 fully saturated rings. The van der Waals surface area contributed by atoms with Crippen molar-refractivity contribution < 1.29 is 54.6 Å². The topological polar surface area (TPSA) is 348 Å². The van der Waals surface area contributed by atoms with Crippen molar-refractivity contribution in [2.24, 2.45) is 0 Å². The van der Waals surface area contributed by atoms with Crippen LogP contribution in [0.4, 0.5) is 13.2 Å². The highest BCUT2D eigenvalue weighted by atomic mass is 32.2. The fourth-order valence-corrected chi connectivity index (χ4v) is 22.5. The zero-order valence-electron chi connectivity index (χ0n) is 79.9. The second-order valence-electron chi connectivity index (χ2n) is 36.9. The summed E-state index contributed by atoms with van der Waals surface area (Å²) >= 11 is 1.74. The van der Waals surface area contributed by atoms with Crippen molar-refractivity contribution in [3.05, 3.63) is 337 Å². The molecule has 0 radical (unpaired) electrons. The monoisotopic (exact) mass is 1980 g/mol. The first-order chi connectivity index (χ1) is 69.9. The van der Waals surface area contributed by atoms with Gasteiger partial charge in [-0.2, -0.15) is 0 Å². The summed E-state index contributed by atoms with van der Waals surface area (Å²) in [6.07, 6.45) is 12.1. The molecule has 7 aliphatic rings. The summed E-state index contributed by atoms with van der Waals surface area (Å²) < 4.78 is 76.6. The van der Waals surface area contributed by atoms with E-state index in [4.69, 9.17) is 0 Å². The lowest BCUT2D eigenvalue weighted by atomic mass is 9.99. The van der Waals surface area contributed by atoms with Gasteiger partial charge in [0.15, 0.2) is 9.84 Å². The Morgan fingerprint density at radius 1 is 0.340 bits per heavy atom. The van der Waals surface area contributed by atoms with E-state index in [0.717, 1.165) is 207 Å². The Labute approximate surface area is 835 Å². The van der Waals surface area contributed by atoms with Crippen LogP contribution in [0.3, 0.4) is 0 Å². The molecular formula is C114H106F3N15O9S3. The van der Waals surface area contributed by atoms with Crippen LogP contribution < -0.4 is 42.5 Å². The first-order valence-corrected chi connectivity index (χ1v) is 52.9. The Balaban J connectivity index is 0.000000106. The Hall–Kier alpha value is -15.2. The minimum absolute atomic E-state index is 0.0170. The molecule has 0 bridgehead atoms. The van der Waals surface area contributed by atoms with E-state index in [1.807, 2.05) is 105 Å². The van der Waals surface area contributed by atoms with Gasteiger partial charge in [-0.15, -0.1) is 11.8 Å². The number of sulfone groups is 1. The van der Waals surface area contributed by atoms with E-state index in [1.165, 1.54) is 107 Å². The second-order valence-corrected chi connectivity index (χ2v) is 41.1. The lowest BCUT2D eigenvalue weighted by Gasteiger charge is -2.14. The minimum atomic E-state index is -3.22. The fourth-order valence-electron chi connectivity index (χ4n) is 21.0. The molecule has 6 amide bonds. The number of nitrogens with zero attached hydrogens (tertiary/aromatic N) is 1. The third-order valence-electron chi connectivity index (χ3n) is 27.6. The summed E-state index contributed by atoms with van der Waals surface area (Å²) in [4.78, 5) is 98.5. The van der Waals surface area contributed by atoms with Gasteiger partial charge in [-0.25, -0.2) is 21.6 Å². The molecule has 1 atom stereocenters. The summed E-state index contributed by atoms with van der Waals surface area (Å²) in [5.41, 5.74) is 31.1. The molecule has 0 saturated carbocycles. The van der Waals surface area contributed by atoms with Gasteiger partial charge in [-0.3, -0.25) is 37.9 Å². The number of carbonyl (C=O) groups is 6. The van der Waals surface area contributed by atoms with Crippen LogP contribution in [-0.4, -0.2) is 168 Å². The van der Waals surface area contributed by atoms with Crippen molar-refractivity contribution >= 4 is 133 Å². The average Bonchev–Trinajstić information content (AvgIpc) is 1.64. The highest BCUT2D eigenvalue weighted by Gasteiger charge is 2.32. The van der Waals surface area contributed by atoms with Crippen LogP contribution in [0.25, 0.3) is 133 Å². The lowest BCUT2D eigenvalue weighted by molar-refractivity contribution is 0.0948. The Kier molecular flexibility index (Phi) is 27.7. The molecule has 144 heavy (non-hydrogen) atoms. The highest BCUT2D eigenvalue weighted by Crippen LogP contribution is 2.43. The first-order valence-electron chi connectivity index (χ1n) is 48.2. The van der Waals surface area contributed by atoms with Crippen LogP contribution in [0.2, 0.25) is 0 Å². The third kappa shape index (κ3) is 19.6. The van der Waals surface area contributed by atoms with Crippen LogP contribution in [0.15, 0.2) is 251 Å². The molecule has 0 aliphatic carbocycles. The zero-order chi connectivity index (χ0) is 99.7. The number of H-pyrrole nitrogens is 6. The van der Waals surface area contributed by atoms with Gasteiger partial charge < -0.3 is 72.4 Å². The van der Waals surface area contributed by atoms with Crippen LogP contribution in [0, 0.1) is 17.5 Å². The van der Waals surface area contributed by atoms with Gasteiger partial charge in [0, 0.05) is 208 Å². The van der Waals surface area contributed by atoms with Crippen molar-refractivity contribution in [3.8, 4) is 67.5 Å². The van der Waals surface area contributed by atoms with Crippen molar-refractivity contribution in [2.75, 3.05) is 85.2 Å². The maximum absolute atomic E-state index is 14.0. The third-order valence-corrected chi connectivity index (χ3v) is 30.4. The van der Waals surface area contributed by atoms with Gasteiger partial charge in [0.2, 0.25) is 0 Å². The number of hydrogen-bond acceptors (Lipinski definition) is 13. The summed E-state index contributed by atoms with van der Waals surface area (Å²) in [6.45, 7) is 8.49. The lowest BCUT2D eigenvalue weighted by Crippen LogP contribution is -2.23. The van der Waals surface area contributed by atoms with E-state index in [9.17, 15) is 54.6 Å². The number of aromatic amines is 6. The molecule has 0 spiro atoms. The maximum Gasteiger partial charge on any atom is 0.252 e. The summed E-state index contributed by atoms with van der Waals surface area (Å²) in [5, 5.41) is 29.2. The van der Waals surface area contributed by atoms with E-state index in [-0.39, 0.29) is 35.4 Å². The molecule has 6 aromatic heterocycles. The zero-order valence-corrected chi connectivity index (χ0v) is 82.4. The van der Waals surface area contributed by atoms with Gasteiger partial charge in [-0.05, 0) is 284 Å².